The monoisotopic (exact) mass is 352 g/mol. The summed E-state index contributed by atoms with van der Waals surface area (Å²) in [6.45, 7) is 3.93. The molecular formula is C14H20N6OS2. The van der Waals surface area contributed by atoms with E-state index in [2.05, 4.69) is 25.8 Å². The van der Waals surface area contributed by atoms with E-state index in [0.29, 0.717) is 11.2 Å². The fourth-order valence-electron chi connectivity index (χ4n) is 2.65. The quantitative estimate of drug-likeness (QED) is 0.833. The maximum Gasteiger partial charge on any atom is 0.236 e. The molecule has 124 valence electrons. The summed E-state index contributed by atoms with van der Waals surface area (Å²) in [6.07, 6.45) is 5.96. The number of nitrogens with one attached hydrogen (secondary N) is 1. The van der Waals surface area contributed by atoms with Crippen LogP contribution >= 0.6 is 23.1 Å². The number of rotatable bonds is 5. The second-order valence-electron chi connectivity index (χ2n) is 5.70. The van der Waals surface area contributed by atoms with Gasteiger partial charge in [0, 0.05) is 4.88 Å². The van der Waals surface area contributed by atoms with Gasteiger partial charge in [0.15, 0.2) is 5.13 Å². The summed E-state index contributed by atoms with van der Waals surface area (Å²) in [5.41, 5.74) is 0.958. The molecule has 0 aliphatic heterocycles. The van der Waals surface area contributed by atoms with Crippen LogP contribution in [0.1, 0.15) is 48.7 Å². The molecule has 7 nitrogen and oxygen atoms in total. The van der Waals surface area contributed by atoms with Gasteiger partial charge in [0.25, 0.3) is 0 Å². The maximum atomic E-state index is 12.1. The van der Waals surface area contributed by atoms with Gasteiger partial charge < -0.3 is 5.32 Å². The lowest BCUT2D eigenvalue weighted by Gasteiger charge is -2.21. The van der Waals surface area contributed by atoms with Crippen molar-refractivity contribution in [3.05, 3.63) is 10.6 Å². The number of aryl methyl sites for hydroxylation is 2. The van der Waals surface area contributed by atoms with E-state index in [0.717, 1.165) is 28.6 Å². The van der Waals surface area contributed by atoms with Crippen molar-refractivity contribution in [3.8, 4) is 0 Å². The summed E-state index contributed by atoms with van der Waals surface area (Å²) in [4.78, 5) is 17.5. The van der Waals surface area contributed by atoms with Crippen molar-refractivity contribution in [2.24, 2.45) is 0 Å². The van der Waals surface area contributed by atoms with E-state index in [1.54, 1.807) is 0 Å². The predicted molar refractivity (Wildman–Crippen MR) is 90.9 cm³/mol. The number of hydrogen-bond acceptors (Lipinski definition) is 7. The summed E-state index contributed by atoms with van der Waals surface area (Å²) in [6, 6.07) is 0.369. The molecule has 0 spiro atoms. The van der Waals surface area contributed by atoms with Gasteiger partial charge in [0.05, 0.1) is 17.5 Å². The molecule has 0 radical (unpaired) electrons. The molecule has 0 unspecified atom stereocenters. The number of nitrogens with zero attached hydrogens (tertiary/aromatic N) is 5. The van der Waals surface area contributed by atoms with Crippen molar-refractivity contribution >= 4 is 34.1 Å². The topological polar surface area (TPSA) is 85.6 Å². The Morgan fingerprint density at radius 3 is 2.83 bits per heavy atom. The number of carbonyl (C=O) groups excluding carboxylic acids is 1. The number of thiazole rings is 1. The van der Waals surface area contributed by atoms with E-state index < -0.39 is 0 Å². The Morgan fingerprint density at radius 2 is 2.13 bits per heavy atom. The van der Waals surface area contributed by atoms with Crippen molar-refractivity contribution in [1.82, 2.24) is 25.2 Å². The van der Waals surface area contributed by atoms with Gasteiger partial charge in [-0.1, -0.05) is 31.0 Å². The van der Waals surface area contributed by atoms with E-state index in [-0.39, 0.29) is 11.7 Å². The molecule has 0 saturated heterocycles. The number of amides is 1. The van der Waals surface area contributed by atoms with Crippen LogP contribution in [0.5, 0.6) is 0 Å². The van der Waals surface area contributed by atoms with Crippen LogP contribution in [-0.2, 0) is 4.79 Å². The van der Waals surface area contributed by atoms with Crippen LogP contribution in [0, 0.1) is 13.8 Å². The van der Waals surface area contributed by atoms with Crippen LogP contribution in [0.25, 0.3) is 0 Å². The fraction of sp³-hybridized carbons (Fsp3) is 0.643. The zero-order valence-corrected chi connectivity index (χ0v) is 14.9. The van der Waals surface area contributed by atoms with E-state index >= 15 is 0 Å². The average molecular weight is 352 g/mol. The second kappa shape index (κ2) is 7.39. The van der Waals surface area contributed by atoms with E-state index in [4.69, 9.17) is 0 Å². The Hall–Kier alpha value is -1.48. The maximum absolute atomic E-state index is 12.1. The molecule has 1 aliphatic carbocycles. The minimum absolute atomic E-state index is 0.0815. The molecule has 3 rings (SSSR count). The molecule has 1 saturated carbocycles. The van der Waals surface area contributed by atoms with Gasteiger partial charge in [0.2, 0.25) is 11.1 Å². The van der Waals surface area contributed by atoms with Crippen molar-refractivity contribution < 1.29 is 4.79 Å². The molecular weight excluding hydrogens is 332 g/mol. The second-order valence-corrected chi connectivity index (χ2v) is 7.84. The molecule has 1 aliphatic rings. The number of hydrogen-bond donors (Lipinski definition) is 1. The van der Waals surface area contributed by atoms with Gasteiger partial charge >= 0.3 is 0 Å². The molecule has 2 aromatic heterocycles. The van der Waals surface area contributed by atoms with Crippen LogP contribution in [0.4, 0.5) is 5.13 Å². The normalized spacial score (nSPS) is 15.7. The van der Waals surface area contributed by atoms with Gasteiger partial charge in [-0.05, 0) is 37.1 Å². The molecule has 9 heteroatoms. The van der Waals surface area contributed by atoms with Crippen LogP contribution in [0.3, 0.4) is 0 Å². The molecule has 1 fully saturated rings. The van der Waals surface area contributed by atoms with Crippen molar-refractivity contribution in [3.63, 3.8) is 0 Å². The van der Waals surface area contributed by atoms with Crippen LogP contribution in [0.2, 0.25) is 0 Å². The van der Waals surface area contributed by atoms with E-state index in [1.807, 2.05) is 18.5 Å². The Labute approximate surface area is 143 Å². The minimum Gasteiger partial charge on any atom is -0.301 e. The highest BCUT2D eigenvalue weighted by Gasteiger charge is 2.21. The highest BCUT2D eigenvalue weighted by Crippen LogP contribution is 2.30. The number of carbonyl (C=O) groups is 1. The highest BCUT2D eigenvalue weighted by molar-refractivity contribution is 7.99. The highest BCUT2D eigenvalue weighted by atomic mass is 32.2. The molecule has 2 heterocycles. The van der Waals surface area contributed by atoms with Crippen LogP contribution in [-0.4, -0.2) is 36.9 Å². The number of anilines is 1. The molecule has 1 N–H and O–H groups in total. The Balaban J connectivity index is 1.56. The lowest BCUT2D eigenvalue weighted by Crippen LogP contribution is -2.17. The summed E-state index contributed by atoms with van der Waals surface area (Å²) >= 11 is 2.87. The van der Waals surface area contributed by atoms with Gasteiger partial charge in [0.1, 0.15) is 0 Å². The van der Waals surface area contributed by atoms with Crippen molar-refractivity contribution in [1.29, 1.82) is 0 Å². The lowest BCUT2D eigenvalue weighted by atomic mass is 9.96. The molecule has 0 atom stereocenters. The zero-order chi connectivity index (χ0) is 16.2. The molecule has 23 heavy (non-hydrogen) atoms. The molecule has 1 amide bonds. The zero-order valence-electron chi connectivity index (χ0n) is 13.3. The minimum atomic E-state index is -0.0815. The van der Waals surface area contributed by atoms with Crippen LogP contribution in [0.15, 0.2) is 5.16 Å². The first kappa shape index (κ1) is 16.4. The SMILES string of the molecule is Cc1nc(NC(=O)CSc2nnnn2C2CCCCC2)sc1C. The van der Waals surface area contributed by atoms with Gasteiger partial charge in [-0.25, -0.2) is 9.67 Å². The van der Waals surface area contributed by atoms with Gasteiger partial charge in [-0.15, -0.1) is 16.4 Å². The third-order valence-corrected chi connectivity index (χ3v) is 5.91. The fourth-order valence-corrected chi connectivity index (χ4v) is 4.22. The lowest BCUT2D eigenvalue weighted by molar-refractivity contribution is -0.113. The molecule has 2 aromatic rings. The number of thioether (sulfide) groups is 1. The Bertz CT molecular complexity index is 657. The molecule has 0 bridgehead atoms. The smallest absolute Gasteiger partial charge is 0.236 e. The Morgan fingerprint density at radius 1 is 1.35 bits per heavy atom. The first-order valence-corrected chi connectivity index (χ1v) is 9.58. The van der Waals surface area contributed by atoms with Crippen LogP contribution < -0.4 is 5.32 Å². The van der Waals surface area contributed by atoms with E-state index in [9.17, 15) is 4.79 Å². The molecule has 0 aromatic carbocycles. The third-order valence-electron chi connectivity index (χ3n) is 3.99. The summed E-state index contributed by atoms with van der Waals surface area (Å²) in [7, 11) is 0. The summed E-state index contributed by atoms with van der Waals surface area (Å²) in [5.74, 6) is 0.201. The van der Waals surface area contributed by atoms with Crippen molar-refractivity contribution in [2.75, 3.05) is 11.1 Å². The average Bonchev–Trinajstić information content (AvgIpc) is 3.13. The summed E-state index contributed by atoms with van der Waals surface area (Å²) in [5, 5.41) is 16.2. The standard InChI is InChI=1S/C14H20N6OS2/c1-9-10(2)23-13(15-9)16-12(21)8-22-14-17-18-19-20(14)11-6-4-3-5-7-11/h11H,3-8H2,1-2H3,(H,15,16,21). The number of tetrazole rings is 1. The largest absolute Gasteiger partial charge is 0.301 e. The third kappa shape index (κ3) is 4.08. The van der Waals surface area contributed by atoms with Gasteiger partial charge in [-0.2, -0.15) is 0 Å². The summed E-state index contributed by atoms with van der Waals surface area (Å²) < 4.78 is 1.88. The Kier molecular flexibility index (Phi) is 5.27. The number of aromatic nitrogens is 5. The van der Waals surface area contributed by atoms with E-state index in [1.165, 1.54) is 42.4 Å². The first-order valence-electron chi connectivity index (χ1n) is 7.78. The van der Waals surface area contributed by atoms with Crippen molar-refractivity contribution in [2.45, 2.75) is 57.1 Å². The predicted octanol–water partition coefficient (Wildman–Crippen LogP) is 2.98. The van der Waals surface area contributed by atoms with Gasteiger partial charge in [-0.3, -0.25) is 4.79 Å². The first-order chi connectivity index (χ1) is 11.1.